The zero-order valence-electron chi connectivity index (χ0n) is 13.9. The van der Waals surface area contributed by atoms with Crippen LogP contribution in [-0.4, -0.2) is 36.7 Å². The predicted molar refractivity (Wildman–Crippen MR) is 92.0 cm³/mol. The second-order valence-electron chi connectivity index (χ2n) is 6.28. The van der Waals surface area contributed by atoms with Crippen LogP contribution in [0.5, 0.6) is 0 Å². The van der Waals surface area contributed by atoms with Crippen LogP contribution in [0.4, 0.5) is 0 Å². The fraction of sp³-hybridized carbons (Fsp3) is 0.333. The Morgan fingerprint density at radius 2 is 2.12 bits per heavy atom. The van der Waals surface area contributed by atoms with Crippen LogP contribution in [0.15, 0.2) is 42.7 Å². The molecule has 0 saturated carbocycles. The SMILES string of the molecule is O=C(NC1CCc2nnc(Cc3ccccc3)n2CC1)c1ncc[nH]1. The average molecular weight is 336 g/mol. The van der Waals surface area contributed by atoms with Gasteiger partial charge in [0.2, 0.25) is 0 Å². The second-order valence-corrected chi connectivity index (χ2v) is 6.28. The fourth-order valence-electron chi connectivity index (χ4n) is 3.24. The van der Waals surface area contributed by atoms with Crippen LogP contribution in [0.2, 0.25) is 0 Å². The first-order valence-electron chi connectivity index (χ1n) is 8.55. The number of H-pyrrole nitrogens is 1. The molecule has 1 aliphatic heterocycles. The highest BCUT2D eigenvalue weighted by Gasteiger charge is 2.22. The second kappa shape index (κ2) is 6.88. The van der Waals surface area contributed by atoms with Crippen LogP contribution in [0.1, 0.15) is 40.7 Å². The molecular weight excluding hydrogens is 316 g/mol. The standard InChI is InChI=1S/C18H20N6O/c25-18(17-19-9-10-20-17)21-14-6-7-15-22-23-16(24(15)11-8-14)12-13-4-2-1-3-5-13/h1-5,9-10,14H,6-8,11-12H2,(H,19,20)(H,21,25). The summed E-state index contributed by atoms with van der Waals surface area (Å²) in [5.74, 6) is 2.19. The Morgan fingerprint density at radius 1 is 1.24 bits per heavy atom. The Kier molecular flexibility index (Phi) is 4.28. The lowest BCUT2D eigenvalue weighted by atomic mass is 10.1. The molecule has 0 saturated heterocycles. The van der Waals surface area contributed by atoms with E-state index in [9.17, 15) is 4.79 Å². The van der Waals surface area contributed by atoms with Crippen LogP contribution in [0.3, 0.4) is 0 Å². The number of imidazole rings is 1. The fourth-order valence-corrected chi connectivity index (χ4v) is 3.24. The van der Waals surface area contributed by atoms with E-state index < -0.39 is 0 Å². The molecule has 7 nitrogen and oxygen atoms in total. The van der Waals surface area contributed by atoms with Crippen molar-refractivity contribution in [3.05, 3.63) is 65.8 Å². The predicted octanol–water partition coefficient (Wildman–Crippen LogP) is 1.73. The van der Waals surface area contributed by atoms with E-state index in [2.05, 4.69) is 42.2 Å². The van der Waals surface area contributed by atoms with Crippen molar-refractivity contribution in [1.29, 1.82) is 0 Å². The third-order valence-electron chi connectivity index (χ3n) is 4.58. The molecule has 1 aromatic carbocycles. The Labute approximate surface area is 145 Å². The Balaban J connectivity index is 1.43. The molecule has 0 radical (unpaired) electrons. The van der Waals surface area contributed by atoms with E-state index in [4.69, 9.17) is 0 Å². The van der Waals surface area contributed by atoms with Gasteiger partial charge in [0.25, 0.3) is 5.91 Å². The van der Waals surface area contributed by atoms with E-state index >= 15 is 0 Å². The van der Waals surface area contributed by atoms with Gasteiger partial charge in [-0.3, -0.25) is 4.79 Å². The van der Waals surface area contributed by atoms with Crippen molar-refractivity contribution in [2.45, 2.75) is 38.3 Å². The van der Waals surface area contributed by atoms with Crippen molar-refractivity contribution in [2.75, 3.05) is 0 Å². The van der Waals surface area contributed by atoms with Gasteiger partial charge in [-0.1, -0.05) is 30.3 Å². The number of hydrogen-bond acceptors (Lipinski definition) is 4. The maximum atomic E-state index is 12.2. The highest BCUT2D eigenvalue weighted by atomic mass is 16.2. The smallest absolute Gasteiger partial charge is 0.287 e. The molecule has 1 unspecified atom stereocenters. The van der Waals surface area contributed by atoms with Crippen molar-refractivity contribution in [3.8, 4) is 0 Å². The number of aryl methyl sites for hydroxylation is 1. The normalized spacial score (nSPS) is 16.9. The highest BCUT2D eigenvalue weighted by Crippen LogP contribution is 2.17. The van der Waals surface area contributed by atoms with Crippen molar-refractivity contribution < 1.29 is 4.79 Å². The third-order valence-corrected chi connectivity index (χ3v) is 4.58. The number of aromatic amines is 1. The summed E-state index contributed by atoms with van der Waals surface area (Å²) in [6, 6.07) is 10.4. The van der Waals surface area contributed by atoms with Crippen molar-refractivity contribution >= 4 is 5.91 Å². The van der Waals surface area contributed by atoms with Gasteiger partial charge < -0.3 is 14.9 Å². The van der Waals surface area contributed by atoms with Crippen LogP contribution >= 0.6 is 0 Å². The first kappa shape index (κ1) is 15.6. The van der Waals surface area contributed by atoms with Gasteiger partial charge in [-0.15, -0.1) is 10.2 Å². The van der Waals surface area contributed by atoms with E-state index in [0.29, 0.717) is 5.82 Å². The van der Waals surface area contributed by atoms with Crippen molar-refractivity contribution in [2.24, 2.45) is 0 Å². The number of hydrogen-bond donors (Lipinski definition) is 2. The topological polar surface area (TPSA) is 88.5 Å². The minimum Gasteiger partial charge on any atom is -0.347 e. The number of nitrogens with one attached hydrogen (secondary N) is 2. The molecular formula is C18H20N6O. The van der Waals surface area contributed by atoms with Gasteiger partial charge in [0, 0.05) is 37.8 Å². The van der Waals surface area contributed by atoms with E-state index in [1.54, 1.807) is 12.4 Å². The lowest BCUT2D eigenvalue weighted by Gasteiger charge is -2.15. The van der Waals surface area contributed by atoms with E-state index in [1.165, 1.54) is 5.56 Å². The number of carbonyl (C=O) groups excluding carboxylic acids is 1. The average Bonchev–Trinajstić information content (AvgIpc) is 3.25. The van der Waals surface area contributed by atoms with E-state index in [1.807, 2.05) is 18.2 Å². The number of nitrogens with zero attached hydrogens (tertiary/aromatic N) is 4. The number of benzene rings is 1. The van der Waals surface area contributed by atoms with Gasteiger partial charge in [0.05, 0.1) is 0 Å². The molecule has 0 aliphatic carbocycles. The summed E-state index contributed by atoms with van der Waals surface area (Å²) in [5.41, 5.74) is 1.23. The molecule has 128 valence electrons. The molecule has 3 heterocycles. The van der Waals surface area contributed by atoms with Crippen LogP contribution in [0, 0.1) is 0 Å². The van der Waals surface area contributed by atoms with Crippen LogP contribution < -0.4 is 5.32 Å². The first-order chi connectivity index (χ1) is 12.3. The molecule has 7 heteroatoms. The molecule has 2 aromatic heterocycles. The largest absolute Gasteiger partial charge is 0.347 e. The molecule has 0 spiro atoms. The van der Waals surface area contributed by atoms with Gasteiger partial charge in [0.1, 0.15) is 11.6 Å². The Hall–Kier alpha value is -2.96. The quantitative estimate of drug-likeness (QED) is 0.759. The molecule has 0 fully saturated rings. The molecule has 1 atom stereocenters. The minimum atomic E-state index is -0.155. The summed E-state index contributed by atoms with van der Waals surface area (Å²) in [5, 5.41) is 11.8. The maximum absolute atomic E-state index is 12.2. The van der Waals surface area contributed by atoms with E-state index in [-0.39, 0.29) is 11.9 Å². The first-order valence-corrected chi connectivity index (χ1v) is 8.55. The number of rotatable bonds is 4. The summed E-state index contributed by atoms with van der Waals surface area (Å²) in [4.78, 5) is 19.0. The van der Waals surface area contributed by atoms with Gasteiger partial charge in [-0.2, -0.15) is 0 Å². The van der Waals surface area contributed by atoms with Crippen LogP contribution in [0.25, 0.3) is 0 Å². The number of amides is 1. The molecule has 2 N–H and O–H groups in total. The Bertz CT molecular complexity index is 840. The molecule has 1 amide bonds. The minimum absolute atomic E-state index is 0.115. The number of carbonyl (C=O) groups is 1. The molecule has 1 aliphatic rings. The maximum Gasteiger partial charge on any atom is 0.287 e. The Morgan fingerprint density at radius 3 is 2.92 bits per heavy atom. The zero-order chi connectivity index (χ0) is 17.1. The van der Waals surface area contributed by atoms with Crippen molar-refractivity contribution in [3.63, 3.8) is 0 Å². The van der Waals surface area contributed by atoms with Gasteiger partial charge in [-0.05, 0) is 18.4 Å². The number of aromatic nitrogens is 5. The van der Waals surface area contributed by atoms with E-state index in [0.717, 1.165) is 43.9 Å². The van der Waals surface area contributed by atoms with Crippen molar-refractivity contribution in [1.82, 2.24) is 30.0 Å². The lowest BCUT2D eigenvalue weighted by Crippen LogP contribution is -2.35. The molecule has 4 rings (SSSR count). The molecule has 0 bridgehead atoms. The summed E-state index contributed by atoms with van der Waals surface area (Å²) >= 11 is 0. The zero-order valence-corrected chi connectivity index (χ0v) is 13.9. The van der Waals surface area contributed by atoms with Crippen LogP contribution in [-0.2, 0) is 19.4 Å². The summed E-state index contributed by atoms with van der Waals surface area (Å²) in [6.45, 7) is 0.813. The number of fused-ring (bicyclic) bond motifs is 1. The van der Waals surface area contributed by atoms with Gasteiger partial charge in [-0.25, -0.2) is 4.98 Å². The molecule has 3 aromatic rings. The van der Waals surface area contributed by atoms with Gasteiger partial charge >= 0.3 is 0 Å². The summed E-state index contributed by atoms with van der Waals surface area (Å²) in [6.07, 6.45) is 6.54. The lowest BCUT2D eigenvalue weighted by molar-refractivity contribution is 0.0923. The summed E-state index contributed by atoms with van der Waals surface area (Å²) < 4.78 is 2.20. The third kappa shape index (κ3) is 3.45. The van der Waals surface area contributed by atoms with Gasteiger partial charge in [0.15, 0.2) is 5.82 Å². The molecule has 25 heavy (non-hydrogen) atoms. The highest BCUT2D eigenvalue weighted by molar-refractivity contribution is 5.90. The summed E-state index contributed by atoms with van der Waals surface area (Å²) in [7, 11) is 0. The monoisotopic (exact) mass is 336 g/mol.